The van der Waals surface area contributed by atoms with E-state index in [1.54, 1.807) is 4.90 Å². The van der Waals surface area contributed by atoms with Gasteiger partial charge in [0, 0.05) is 12.6 Å². The third kappa shape index (κ3) is 7.60. The summed E-state index contributed by atoms with van der Waals surface area (Å²) in [4.78, 5) is 28.1. The van der Waals surface area contributed by atoms with Crippen LogP contribution in [0.1, 0.15) is 70.1 Å². The van der Waals surface area contributed by atoms with Gasteiger partial charge in [-0.05, 0) is 77.4 Å². The molecular formula is C27H37BrN2O3. The number of carbonyl (C=O) groups excluding carboxylic acids is 2. The van der Waals surface area contributed by atoms with Crippen molar-refractivity contribution in [3.63, 3.8) is 0 Å². The van der Waals surface area contributed by atoms with Crippen LogP contribution in [0.4, 0.5) is 0 Å². The Hall–Kier alpha value is -2.34. The molecule has 0 aliphatic heterocycles. The van der Waals surface area contributed by atoms with Gasteiger partial charge in [-0.1, -0.05) is 58.0 Å². The molecule has 2 amide bonds. The smallest absolute Gasteiger partial charge is 0.261 e. The van der Waals surface area contributed by atoms with Gasteiger partial charge in [0.2, 0.25) is 5.91 Å². The fraction of sp³-hybridized carbons (Fsp3) is 0.481. The molecule has 2 aromatic carbocycles. The number of aryl methyl sites for hydroxylation is 1. The van der Waals surface area contributed by atoms with Gasteiger partial charge in [0.25, 0.3) is 5.91 Å². The van der Waals surface area contributed by atoms with Crippen LogP contribution in [0, 0.1) is 6.92 Å². The predicted octanol–water partition coefficient (Wildman–Crippen LogP) is 5.98. The predicted molar refractivity (Wildman–Crippen MR) is 137 cm³/mol. The van der Waals surface area contributed by atoms with Gasteiger partial charge in [-0.2, -0.15) is 0 Å². The summed E-state index contributed by atoms with van der Waals surface area (Å²) in [6.07, 6.45) is 1.35. The third-order valence-electron chi connectivity index (χ3n) is 5.96. The third-order valence-corrected chi connectivity index (χ3v) is 6.58. The lowest BCUT2D eigenvalue weighted by molar-refractivity contribution is -0.143. The second kappa shape index (κ2) is 12.8. The van der Waals surface area contributed by atoms with E-state index in [-0.39, 0.29) is 24.5 Å². The van der Waals surface area contributed by atoms with Crippen LogP contribution in [0.15, 0.2) is 46.9 Å². The van der Waals surface area contributed by atoms with Gasteiger partial charge < -0.3 is 15.0 Å². The maximum atomic E-state index is 13.4. The highest BCUT2D eigenvalue weighted by Crippen LogP contribution is 2.29. The Morgan fingerprint density at radius 2 is 1.76 bits per heavy atom. The van der Waals surface area contributed by atoms with Crippen LogP contribution in [0.3, 0.4) is 0 Å². The van der Waals surface area contributed by atoms with Gasteiger partial charge in [0.1, 0.15) is 11.8 Å². The monoisotopic (exact) mass is 516 g/mol. The van der Waals surface area contributed by atoms with Crippen LogP contribution >= 0.6 is 15.9 Å². The first-order valence-electron chi connectivity index (χ1n) is 11.7. The van der Waals surface area contributed by atoms with Crippen molar-refractivity contribution in [1.82, 2.24) is 10.2 Å². The van der Waals surface area contributed by atoms with Crippen LogP contribution in [-0.2, 0) is 16.1 Å². The number of halogens is 1. The number of ether oxygens (including phenoxy) is 1. The molecule has 0 aliphatic carbocycles. The number of hydrogen-bond donors (Lipinski definition) is 1. The quantitative estimate of drug-likeness (QED) is 0.399. The minimum atomic E-state index is -0.568. The summed E-state index contributed by atoms with van der Waals surface area (Å²) >= 11 is 3.55. The molecule has 0 aliphatic rings. The minimum absolute atomic E-state index is 0.0497. The van der Waals surface area contributed by atoms with E-state index in [2.05, 4.69) is 35.1 Å². The van der Waals surface area contributed by atoms with Gasteiger partial charge in [0.05, 0.1) is 4.47 Å². The molecule has 2 atom stereocenters. The number of rotatable bonds is 11. The van der Waals surface area contributed by atoms with Crippen molar-refractivity contribution in [2.24, 2.45) is 0 Å². The van der Waals surface area contributed by atoms with E-state index in [4.69, 9.17) is 4.74 Å². The second-order valence-electron chi connectivity index (χ2n) is 8.82. The fourth-order valence-electron chi connectivity index (χ4n) is 3.55. The molecule has 0 spiro atoms. The lowest BCUT2D eigenvalue weighted by Gasteiger charge is -2.31. The molecule has 5 nitrogen and oxygen atoms in total. The molecular weight excluding hydrogens is 480 g/mol. The number of nitrogens with zero attached hydrogens (tertiary/aromatic N) is 1. The molecule has 0 unspecified atom stereocenters. The molecule has 1 N–H and O–H groups in total. The maximum Gasteiger partial charge on any atom is 0.261 e. The molecule has 180 valence electrons. The second-order valence-corrected chi connectivity index (χ2v) is 9.68. The number of amides is 2. The highest BCUT2D eigenvalue weighted by Gasteiger charge is 2.30. The van der Waals surface area contributed by atoms with Crippen LogP contribution in [0.5, 0.6) is 5.75 Å². The molecule has 2 rings (SSSR count). The van der Waals surface area contributed by atoms with Crippen molar-refractivity contribution in [3.05, 3.63) is 63.6 Å². The van der Waals surface area contributed by atoms with Crippen LogP contribution in [-0.4, -0.2) is 35.4 Å². The number of hydrogen-bond acceptors (Lipinski definition) is 3. The van der Waals surface area contributed by atoms with Crippen LogP contribution in [0.2, 0.25) is 0 Å². The summed E-state index contributed by atoms with van der Waals surface area (Å²) in [7, 11) is 0. The number of carbonyl (C=O) groups is 2. The average molecular weight is 518 g/mol. The zero-order valence-corrected chi connectivity index (χ0v) is 22.2. The Balaban J connectivity index is 2.25. The van der Waals surface area contributed by atoms with Gasteiger partial charge in [-0.15, -0.1) is 0 Å². The largest absolute Gasteiger partial charge is 0.483 e. The highest BCUT2D eigenvalue weighted by atomic mass is 79.9. The van der Waals surface area contributed by atoms with Crippen molar-refractivity contribution in [1.29, 1.82) is 0 Å². The van der Waals surface area contributed by atoms with E-state index in [1.807, 2.05) is 70.2 Å². The summed E-state index contributed by atoms with van der Waals surface area (Å²) in [5.74, 6) is 0.664. The van der Waals surface area contributed by atoms with Gasteiger partial charge in [-0.25, -0.2) is 0 Å². The van der Waals surface area contributed by atoms with E-state index in [9.17, 15) is 9.59 Å². The molecule has 0 aromatic heterocycles. The zero-order chi connectivity index (χ0) is 24.5. The van der Waals surface area contributed by atoms with Crippen molar-refractivity contribution >= 4 is 27.7 Å². The average Bonchev–Trinajstić information content (AvgIpc) is 2.78. The lowest BCUT2D eigenvalue weighted by Crippen LogP contribution is -2.51. The van der Waals surface area contributed by atoms with Crippen LogP contribution in [0.25, 0.3) is 0 Å². The Labute approximate surface area is 207 Å². The Kier molecular flexibility index (Phi) is 10.4. The first kappa shape index (κ1) is 26.9. The Bertz CT molecular complexity index is 945. The Morgan fingerprint density at radius 1 is 1.06 bits per heavy atom. The summed E-state index contributed by atoms with van der Waals surface area (Å²) in [6, 6.07) is 13.3. The molecule has 6 heteroatoms. The maximum absolute atomic E-state index is 13.4. The molecule has 0 heterocycles. The lowest BCUT2D eigenvalue weighted by atomic mass is 10.0. The van der Waals surface area contributed by atoms with Crippen molar-refractivity contribution in [2.45, 2.75) is 78.9 Å². The fourth-order valence-corrected chi connectivity index (χ4v) is 4.06. The van der Waals surface area contributed by atoms with Gasteiger partial charge >= 0.3 is 0 Å². The first-order valence-corrected chi connectivity index (χ1v) is 12.5. The minimum Gasteiger partial charge on any atom is -0.483 e. The van der Waals surface area contributed by atoms with Crippen molar-refractivity contribution < 1.29 is 14.3 Å². The molecule has 0 saturated heterocycles. The first-order chi connectivity index (χ1) is 15.7. The molecule has 33 heavy (non-hydrogen) atoms. The zero-order valence-electron chi connectivity index (χ0n) is 20.7. The number of benzene rings is 2. The number of nitrogens with one attached hydrogen (secondary N) is 1. The van der Waals surface area contributed by atoms with Crippen molar-refractivity contribution in [2.75, 3.05) is 6.61 Å². The van der Waals surface area contributed by atoms with E-state index in [1.165, 1.54) is 5.56 Å². The normalized spacial score (nSPS) is 12.8. The molecule has 0 saturated carbocycles. The van der Waals surface area contributed by atoms with Gasteiger partial charge in [-0.3, -0.25) is 9.59 Å². The molecule has 0 radical (unpaired) electrons. The molecule has 2 aromatic rings. The van der Waals surface area contributed by atoms with E-state index >= 15 is 0 Å². The van der Waals surface area contributed by atoms with Gasteiger partial charge in [0.15, 0.2) is 6.61 Å². The molecule has 0 fully saturated rings. The highest BCUT2D eigenvalue weighted by molar-refractivity contribution is 9.10. The topological polar surface area (TPSA) is 58.6 Å². The van der Waals surface area contributed by atoms with Crippen LogP contribution < -0.4 is 10.1 Å². The standard InChI is InChI=1S/C27H37BrN2O3/c1-7-20(6)29-27(32)24(8-2)30(16-22-12-10-9-11-19(22)5)26(31)17-33-25-14-13-21(18(3)4)15-23(25)28/h9-15,18,20,24H,7-8,16-17H2,1-6H3,(H,29,32)/t20-,24+/m1/s1. The van der Waals surface area contributed by atoms with E-state index in [0.717, 1.165) is 22.0 Å². The van der Waals surface area contributed by atoms with E-state index < -0.39 is 6.04 Å². The SMILES string of the molecule is CC[C@@H](C)NC(=O)[C@H](CC)N(Cc1ccccc1C)C(=O)COc1ccc(C(C)C)cc1Br. The Morgan fingerprint density at radius 3 is 2.33 bits per heavy atom. The van der Waals surface area contributed by atoms with E-state index in [0.29, 0.717) is 24.6 Å². The molecule has 0 bridgehead atoms. The summed E-state index contributed by atoms with van der Waals surface area (Å²) < 4.78 is 6.70. The summed E-state index contributed by atoms with van der Waals surface area (Å²) in [6.45, 7) is 12.4. The summed E-state index contributed by atoms with van der Waals surface area (Å²) in [5, 5.41) is 3.03. The van der Waals surface area contributed by atoms with Crippen molar-refractivity contribution in [3.8, 4) is 5.75 Å². The summed E-state index contributed by atoms with van der Waals surface area (Å²) in [5.41, 5.74) is 3.29.